The number of likely N-dealkylation sites (tertiary alicyclic amines) is 1. The largest absolute Gasteiger partial charge is 0.504 e. The van der Waals surface area contributed by atoms with Crippen LogP contribution in [0.4, 0.5) is 0 Å². The van der Waals surface area contributed by atoms with E-state index in [0.717, 1.165) is 42.7 Å². The van der Waals surface area contributed by atoms with E-state index < -0.39 is 11.0 Å². The summed E-state index contributed by atoms with van der Waals surface area (Å²) in [5.74, 6) is 0.768. The van der Waals surface area contributed by atoms with Gasteiger partial charge in [0.2, 0.25) is 0 Å². The summed E-state index contributed by atoms with van der Waals surface area (Å²) >= 11 is 0. The minimum Gasteiger partial charge on any atom is -0.504 e. The number of aromatic nitrogens is 1. The highest BCUT2D eigenvalue weighted by molar-refractivity contribution is 5.86. The van der Waals surface area contributed by atoms with Crippen molar-refractivity contribution in [1.29, 1.82) is 0 Å². The number of nitrogens with zero attached hydrogens (tertiary/aromatic N) is 1. The maximum atomic E-state index is 12.5. The number of ether oxygens (including phenoxy) is 1. The third-order valence-corrected chi connectivity index (χ3v) is 8.29. The molecule has 0 unspecified atom stereocenters. The fourth-order valence-corrected chi connectivity index (χ4v) is 7.10. The van der Waals surface area contributed by atoms with Crippen LogP contribution < -0.4 is 4.74 Å². The van der Waals surface area contributed by atoms with Gasteiger partial charge in [-0.25, -0.2) is 0 Å². The summed E-state index contributed by atoms with van der Waals surface area (Å²) in [5.41, 5.74) is 4.16. The van der Waals surface area contributed by atoms with Gasteiger partial charge in [0, 0.05) is 28.9 Å². The van der Waals surface area contributed by atoms with Crippen LogP contribution in [-0.2, 0) is 18.3 Å². The van der Waals surface area contributed by atoms with E-state index in [0.29, 0.717) is 12.2 Å². The van der Waals surface area contributed by atoms with Gasteiger partial charge in [-0.2, -0.15) is 0 Å². The molecule has 7 rings (SSSR count). The molecule has 4 aliphatic rings. The Labute approximate surface area is 168 Å². The van der Waals surface area contributed by atoms with Crippen LogP contribution in [-0.4, -0.2) is 44.8 Å². The molecule has 0 radical (unpaired) electrons. The average Bonchev–Trinajstić information content (AvgIpc) is 3.25. The lowest BCUT2D eigenvalue weighted by Crippen LogP contribution is -2.74. The standard InChI is InChI=1S/C24H24N2O3/c1-2-26-10-9-23-19-13-7-8-17(27)21(19)29-22(23)20-15(12-24(23,28)18(26)11-13)14-5-3-4-6-16(14)25-20/h3-8,18,22,25,27-28H,2,9-12H2,1H3/t18-,22+,23+,24-/m1/s1. The van der Waals surface area contributed by atoms with Crippen LogP contribution in [0.25, 0.3) is 10.9 Å². The summed E-state index contributed by atoms with van der Waals surface area (Å²) in [6.07, 6.45) is 1.94. The van der Waals surface area contributed by atoms with Crippen LogP contribution in [0.1, 0.15) is 41.8 Å². The molecule has 2 aliphatic carbocycles. The predicted molar refractivity (Wildman–Crippen MR) is 109 cm³/mol. The van der Waals surface area contributed by atoms with E-state index in [1.165, 1.54) is 16.5 Å². The molecule has 1 spiro atoms. The van der Waals surface area contributed by atoms with E-state index in [-0.39, 0.29) is 17.9 Å². The van der Waals surface area contributed by atoms with E-state index in [2.05, 4.69) is 35.0 Å². The Kier molecular flexibility index (Phi) is 2.80. The summed E-state index contributed by atoms with van der Waals surface area (Å²) in [6, 6.07) is 12.2. The zero-order valence-electron chi connectivity index (χ0n) is 16.4. The minimum absolute atomic E-state index is 0.0529. The Balaban J connectivity index is 1.60. The number of aromatic hydroxyl groups is 1. The van der Waals surface area contributed by atoms with Crippen molar-refractivity contribution in [3.05, 3.63) is 58.8 Å². The number of phenols is 1. The third kappa shape index (κ3) is 1.61. The lowest BCUT2D eigenvalue weighted by Gasteiger charge is -2.62. The molecule has 4 atom stereocenters. The van der Waals surface area contributed by atoms with Gasteiger partial charge in [-0.15, -0.1) is 0 Å². The second-order valence-corrected chi connectivity index (χ2v) is 9.18. The molecule has 2 aliphatic heterocycles. The SMILES string of the molecule is CCN1CC[C@]23c4c5ccc(O)c4O[C@H]2c2[nH]c4ccccc4c2C[C@@]3(O)[C@H]1C5. The lowest BCUT2D eigenvalue weighted by molar-refractivity contribution is -0.171. The molecule has 0 saturated carbocycles. The van der Waals surface area contributed by atoms with Crippen molar-refractivity contribution in [3.63, 3.8) is 0 Å². The van der Waals surface area contributed by atoms with Gasteiger partial charge in [-0.3, -0.25) is 4.90 Å². The molecule has 3 heterocycles. The van der Waals surface area contributed by atoms with Gasteiger partial charge >= 0.3 is 0 Å². The highest BCUT2D eigenvalue weighted by Gasteiger charge is 2.72. The number of rotatable bonds is 1. The van der Waals surface area contributed by atoms with Crippen LogP contribution in [0.15, 0.2) is 36.4 Å². The summed E-state index contributed by atoms with van der Waals surface area (Å²) in [5, 5.41) is 24.3. The van der Waals surface area contributed by atoms with Crippen LogP contribution in [0.5, 0.6) is 11.5 Å². The molecule has 3 aromatic rings. The van der Waals surface area contributed by atoms with Gasteiger partial charge in [-0.1, -0.05) is 31.2 Å². The van der Waals surface area contributed by atoms with Crippen molar-refractivity contribution in [1.82, 2.24) is 9.88 Å². The fraction of sp³-hybridized carbons (Fsp3) is 0.417. The summed E-state index contributed by atoms with van der Waals surface area (Å²) in [6.45, 7) is 4.05. The van der Waals surface area contributed by atoms with E-state index in [4.69, 9.17) is 4.74 Å². The smallest absolute Gasteiger partial charge is 0.166 e. The number of nitrogens with one attached hydrogen (secondary N) is 1. The van der Waals surface area contributed by atoms with Crippen molar-refractivity contribution in [2.75, 3.05) is 13.1 Å². The number of fused-ring (bicyclic) bond motifs is 4. The molecule has 29 heavy (non-hydrogen) atoms. The van der Waals surface area contributed by atoms with Gasteiger partial charge in [-0.05, 0) is 49.2 Å². The first kappa shape index (κ1) is 16.3. The summed E-state index contributed by atoms with van der Waals surface area (Å²) in [4.78, 5) is 6.06. The molecular weight excluding hydrogens is 364 g/mol. The number of likely N-dealkylation sites (N-methyl/N-ethyl adjacent to an activating group) is 1. The second-order valence-electron chi connectivity index (χ2n) is 9.18. The number of aromatic amines is 1. The average molecular weight is 388 g/mol. The highest BCUT2D eigenvalue weighted by Crippen LogP contribution is 2.68. The predicted octanol–water partition coefficient (Wildman–Crippen LogP) is 3.18. The van der Waals surface area contributed by atoms with Gasteiger partial charge in [0.1, 0.15) is 0 Å². The van der Waals surface area contributed by atoms with Crippen molar-refractivity contribution in [2.24, 2.45) is 0 Å². The second kappa shape index (κ2) is 4.97. The molecule has 2 aromatic carbocycles. The lowest BCUT2D eigenvalue weighted by atomic mass is 9.49. The van der Waals surface area contributed by atoms with Crippen molar-refractivity contribution >= 4 is 10.9 Å². The molecule has 5 heteroatoms. The summed E-state index contributed by atoms with van der Waals surface area (Å²) < 4.78 is 6.54. The molecule has 2 bridgehead atoms. The quantitative estimate of drug-likeness (QED) is 0.599. The number of hydrogen-bond acceptors (Lipinski definition) is 4. The first-order valence-electron chi connectivity index (χ1n) is 10.7. The normalized spacial score (nSPS) is 34.0. The third-order valence-electron chi connectivity index (χ3n) is 8.29. The number of H-pyrrole nitrogens is 1. The Hall–Kier alpha value is -2.50. The Morgan fingerprint density at radius 2 is 2.10 bits per heavy atom. The van der Waals surface area contributed by atoms with Gasteiger partial charge < -0.3 is 19.9 Å². The van der Waals surface area contributed by atoms with Gasteiger partial charge in [0.05, 0.1) is 16.7 Å². The van der Waals surface area contributed by atoms with Crippen molar-refractivity contribution < 1.29 is 14.9 Å². The van der Waals surface area contributed by atoms with Crippen molar-refractivity contribution in [2.45, 2.75) is 49.3 Å². The number of phenolic OH excluding ortho intramolecular Hbond substituents is 1. The fourth-order valence-electron chi connectivity index (χ4n) is 7.10. The van der Waals surface area contributed by atoms with Crippen LogP contribution >= 0.6 is 0 Å². The first-order chi connectivity index (χ1) is 14.1. The Morgan fingerprint density at radius 1 is 1.24 bits per heavy atom. The van der Waals surface area contributed by atoms with Crippen LogP contribution in [0.2, 0.25) is 0 Å². The van der Waals surface area contributed by atoms with Gasteiger partial charge in [0.25, 0.3) is 0 Å². The molecule has 1 aromatic heterocycles. The Bertz CT molecular complexity index is 1200. The number of para-hydroxylation sites is 1. The maximum absolute atomic E-state index is 12.5. The van der Waals surface area contributed by atoms with E-state index >= 15 is 0 Å². The highest BCUT2D eigenvalue weighted by atomic mass is 16.5. The molecule has 5 nitrogen and oxygen atoms in total. The zero-order valence-corrected chi connectivity index (χ0v) is 16.4. The molecule has 148 valence electrons. The monoisotopic (exact) mass is 388 g/mol. The number of aliphatic hydroxyl groups is 1. The molecular formula is C24H24N2O3. The number of hydrogen-bond donors (Lipinski definition) is 3. The molecule has 3 N–H and O–H groups in total. The first-order valence-corrected chi connectivity index (χ1v) is 10.7. The van der Waals surface area contributed by atoms with E-state index in [9.17, 15) is 10.2 Å². The van der Waals surface area contributed by atoms with Crippen LogP contribution in [0.3, 0.4) is 0 Å². The molecule has 0 amide bonds. The van der Waals surface area contributed by atoms with E-state index in [1.54, 1.807) is 6.07 Å². The number of piperidine rings is 1. The van der Waals surface area contributed by atoms with Gasteiger partial charge in [0.15, 0.2) is 17.6 Å². The van der Waals surface area contributed by atoms with Crippen LogP contribution in [0, 0.1) is 0 Å². The minimum atomic E-state index is -0.921. The topological polar surface area (TPSA) is 68.7 Å². The maximum Gasteiger partial charge on any atom is 0.166 e. The number of benzene rings is 2. The molecule has 1 saturated heterocycles. The Morgan fingerprint density at radius 3 is 2.97 bits per heavy atom. The summed E-state index contributed by atoms with van der Waals surface area (Å²) in [7, 11) is 0. The van der Waals surface area contributed by atoms with E-state index in [1.807, 2.05) is 12.1 Å². The van der Waals surface area contributed by atoms with Crippen molar-refractivity contribution in [3.8, 4) is 11.5 Å². The zero-order chi connectivity index (χ0) is 19.5. The molecule has 1 fully saturated rings.